The topological polar surface area (TPSA) is 73.9 Å². The minimum atomic E-state index is -0.682. The average molecular weight is 331 g/mol. The highest BCUT2D eigenvalue weighted by molar-refractivity contribution is 5.93. The van der Waals surface area contributed by atoms with Crippen LogP contribution in [-0.2, 0) is 25.6 Å². The van der Waals surface area contributed by atoms with Crippen molar-refractivity contribution < 1.29 is 23.8 Å². The van der Waals surface area contributed by atoms with Gasteiger partial charge in [-0.2, -0.15) is 0 Å². The molecule has 0 bridgehead atoms. The van der Waals surface area contributed by atoms with Gasteiger partial charge in [-0.3, -0.25) is 5.32 Å². The molecule has 0 atom stereocenters. The summed E-state index contributed by atoms with van der Waals surface area (Å²) in [5, 5.41) is 2.52. The van der Waals surface area contributed by atoms with Crippen molar-refractivity contribution in [2.45, 2.75) is 37.9 Å². The summed E-state index contributed by atoms with van der Waals surface area (Å²) in [6, 6.07) is 9.34. The average Bonchev–Trinajstić information content (AvgIpc) is 3.38. The molecule has 6 nitrogen and oxygen atoms in total. The lowest BCUT2D eigenvalue weighted by Gasteiger charge is -2.26. The molecule has 0 unspecified atom stereocenters. The molecule has 24 heavy (non-hydrogen) atoms. The van der Waals surface area contributed by atoms with E-state index in [1.54, 1.807) is 0 Å². The van der Waals surface area contributed by atoms with Crippen LogP contribution in [-0.4, -0.2) is 31.4 Å². The van der Waals surface area contributed by atoms with Gasteiger partial charge in [-0.25, -0.2) is 9.59 Å². The second-order valence-electron chi connectivity index (χ2n) is 6.13. The number of nitrogens with one attached hydrogen (secondary N) is 1. The summed E-state index contributed by atoms with van der Waals surface area (Å²) in [7, 11) is 1.28. The molecule has 0 aromatic heterocycles. The van der Waals surface area contributed by atoms with Crippen LogP contribution in [0.1, 0.15) is 31.2 Å². The summed E-state index contributed by atoms with van der Waals surface area (Å²) in [6.07, 6.45) is 3.03. The van der Waals surface area contributed by atoms with Crippen molar-refractivity contribution in [3.8, 4) is 0 Å². The maximum Gasteiger partial charge on any atom is 0.412 e. The zero-order valence-corrected chi connectivity index (χ0v) is 13.7. The molecule has 1 heterocycles. The van der Waals surface area contributed by atoms with Crippen molar-refractivity contribution in [2.75, 3.05) is 13.7 Å². The lowest BCUT2D eigenvalue weighted by atomic mass is 10.0. The predicted molar refractivity (Wildman–Crippen MR) is 86.0 cm³/mol. The number of carbonyl (C=O) groups excluding carboxylic acids is 2. The number of amides is 1. The van der Waals surface area contributed by atoms with Crippen LogP contribution in [0.2, 0.25) is 0 Å². The Hall–Kier alpha value is -2.34. The van der Waals surface area contributed by atoms with Crippen molar-refractivity contribution >= 4 is 12.1 Å². The summed E-state index contributed by atoms with van der Waals surface area (Å²) >= 11 is 0. The summed E-state index contributed by atoms with van der Waals surface area (Å²) in [5.74, 6) is -0.586. The molecule has 1 saturated carbocycles. The molecule has 1 N–H and O–H groups in total. The number of rotatable bonds is 4. The van der Waals surface area contributed by atoms with E-state index >= 15 is 0 Å². The van der Waals surface area contributed by atoms with Crippen LogP contribution < -0.4 is 5.32 Å². The maximum atomic E-state index is 12.0. The first kappa shape index (κ1) is 16.5. The molecule has 1 spiro atoms. The highest BCUT2D eigenvalue weighted by Crippen LogP contribution is 2.47. The van der Waals surface area contributed by atoms with E-state index < -0.39 is 12.1 Å². The number of methoxy groups -OCH3 is 1. The monoisotopic (exact) mass is 331 g/mol. The van der Waals surface area contributed by atoms with E-state index in [4.69, 9.17) is 14.2 Å². The molecule has 1 aromatic carbocycles. The van der Waals surface area contributed by atoms with E-state index in [2.05, 4.69) is 5.32 Å². The second kappa shape index (κ2) is 7.05. The Morgan fingerprint density at radius 2 is 1.96 bits per heavy atom. The van der Waals surface area contributed by atoms with Gasteiger partial charge >= 0.3 is 12.1 Å². The van der Waals surface area contributed by atoms with Crippen molar-refractivity contribution in [2.24, 2.45) is 0 Å². The van der Waals surface area contributed by atoms with Crippen LogP contribution >= 0.6 is 0 Å². The molecule has 0 radical (unpaired) electrons. The van der Waals surface area contributed by atoms with Crippen LogP contribution in [0.15, 0.2) is 41.6 Å². The fourth-order valence-corrected chi connectivity index (χ4v) is 2.74. The molecular weight excluding hydrogens is 310 g/mol. The van der Waals surface area contributed by atoms with Gasteiger partial charge < -0.3 is 14.2 Å². The Balaban J connectivity index is 1.61. The molecule has 6 heteroatoms. The number of ether oxygens (including phenoxy) is 3. The number of alkyl carbamates (subject to hydrolysis) is 1. The third-order valence-electron chi connectivity index (χ3n) is 4.43. The van der Waals surface area contributed by atoms with Gasteiger partial charge in [0.25, 0.3) is 0 Å². The standard InChI is InChI=1S/C18H21NO5/c1-22-16(20)15(14-7-8-18(9-10-18)24-12-14)19-17(21)23-11-13-5-3-2-4-6-13/h2-6H,7-12H2,1H3,(H,19,21)/b15-14+. The molecule has 2 aliphatic rings. The fraction of sp³-hybridized carbons (Fsp3) is 0.444. The third-order valence-corrected chi connectivity index (χ3v) is 4.43. The zero-order valence-electron chi connectivity index (χ0n) is 13.7. The van der Waals surface area contributed by atoms with Gasteiger partial charge in [0, 0.05) is 0 Å². The van der Waals surface area contributed by atoms with E-state index in [1.807, 2.05) is 30.3 Å². The van der Waals surface area contributed by atoms with Crippen LogP contribution in [0.3, 0.4) is 0 Å². The predicted octanol–water partition coefficient (Wildman–Crippen LogP) is 2.68. The van der Waals surface area contributed by atoms with Gasteiger partial charge in [-0.15, -0.1) is 0 Å². The van der Waals surface area contributed by atoms with Crippen LogP contribution in [0.5, 0.6) is 0 Å². The van der Waals surface area contributed by atoms with Crippen LogP contribution in [0, 0.1) is 0 Å². The fourth-order valence-electron chi connectivity index (χ4n) is 2.74. The number of hydrogen-bond donors (Lipinski definition) is 1. The minimum absolute atomic E-state index is 0.0124. The Labute approximate surface area is 140 Å². The Morgan fingerprint density at radius 1 is 1.21 bits per heavy atom. The minimum Gasteiger partial charge on any atom is -0.464 e. The van der Waals surface area contributed by atoms with Crippen molar-refractivity contribution in [3.05, 3.63) is 47.2 Å². The molecule has 1 saturated heterocycles. The first-order valence-electron chi connectivity index (χ1n) is 8.04. The summed E-state index contributed by atoms with van der Waals surface area (Å²) in [4.78, 5) is 24.0. The van der Waals surface area contributed by atoms with Crippen molar-refractivity contribution in [1.29, 1.82) is 0 Å². The van der Waals surface area contributed by atoms with E-state index in [-0.39, 0.29) is 17.9 Å². The lowest BCUT2D eigenvalue weighted by molar-refractivity contribution is -0.136. The van der Waals surface area contributed by atoms with Gasteiger partial charge in [0.1, 0.15) is 12.3 Å². The number of hydrogen-bond acceptors (Lipinski definition) is 5. The number of esters is 1. The van der Waals surface area contributed by atoms with E-state index in [0.717, 1.165) is 30.4 Å². The highest BCUT2D eigenvalue weighted by Gasteiger charge is 2.46. The molecule has 128 valence electrons. The van der Waals surface area contributed by atoms with Crippen molar-refractivity contribution in [3.63, 3.8) is 0 Å². The zero-order chi connectivity index (χ0) is 17.0. The van der Waals surface area contributed by atoms with E-state index in [9.17, 15) is 9.59 Å². The molecule has 3 rings (SSSR count). The first-order valence-corrected chi connectivity index (χ1v) is 8.04. The van der Waals surface area contributed by atoms with Gasteiger partial charge in [-0.1, -0.05) is 30.3 Å². The van der Waals surface area contributed by atoms with Crippen LogP contribution in [0.25, 0.3) is 0 Å². The molecular formula is C18H21NO5. The van der Waals surface area contributed by atoms with Gasteiger partial charge in [0.15, 0.2) is 0 Å². The normalized spacial score (nSPS) is 20.2. The quantitative estimate of drug-likeness (QED) is 0.678. The van der Waals surface area contributed by atoms with Crippen molar-refractivity contribution in [1.82, 2.24) is 5.32 Å². The maximum absolute atomic E-state index is 12.0. The van der Waals surface area contributed by atoms with Gasteiger partial charge in [0.2, 0.25) is 0 Å². The molecule has 2 fully saturated rings. The summed E-state index contributed by atoms with van der Waals surface area (Å²) < 4.78 is 15.8. The molecule has 1 aromatic rings. The van der Waals surface area contributed by atoms with Crippen LogP contribution in [0.4, 0.5) is 4.79 Å². The lowest BCUT2D eigenvalue weighted by Crippen LogP contribution is -2.33. The Kier molecular flexibility index (Phi) is 4.85. The first-order chi connectivity index (χ1) is 11.6. The number of carbonyl (C=O) groups is 2. The Bertz CT molecular complexity index is 637. The van der Waals surface area contributed by atoms with E-state index in [0.29, 0.717) is 13.0 Å². The smallest absolute Gasteiger partial charge is 0.412 e. The molecule has 1 amide bonds. The SMILES string of the molecule is COC(=O)/C(NC(=O)OCc1ccccc1)=C1/CCC2(CC2)OC1. The number of benzene rings is 1. The second-order valence-corrected chi connectivity index (χ2v) is 6.13. The summed E-state index contributed by atoms with van der Waals surface area (Å²) in [6.45, 7) is 0.472. The highest BCUT2D eigenvalue weighted by atomic mass is 16.6. The molecule has 1 aliphatic carbocycles. The van der Waals surface area contributed by atoms with E-state index in [1.165, 1.54) is 7.11 Å². The third kappa shape index (κ3) is 3.94. The van der Waals surface area contributed by atoms with Gasteiger partial charge in [-0.05, 0) is 36.8 Å². The summed E-state index contributed by atoms with van der Waals surface area (Å²) in [5.41, 5.74) is 1.76. The Morgan fingerprint density at radius 3 is 2.54 bits per heavy atom. The molecule has 1 aliphatic heterocycles. The largest absolute Gasteiger partial charge is 0.464 e. The van der Waals surface area contributed by atoms with Gasteiger partial charge in [0.05, 0.1) is 19.3 Å².